The molecule has 0 aromatic heterocycles. The van der Waals surface area contributed by atoms with Crippen LogP contribution >= 0.6 is 0 Å². The summed E-state index contributed by atoms with van der Waals surface area (Å²) in [5.41, 5.74) is 2.71. The van der Waals surface area contributed by atoms with Gasteiger partial charge < -0.3 is 5.32 Å². The van der Waals surface area contributed by atoms with Gasteiger partial charge in [0.05, 0.1) is 0 Å². The summed E-state index contributed by atoms with van der Waals surface area (Å²) in [6.45, 7) is 0.566. The summed E-state index contributed by atoms with van der Waals surface area (Å²) >= 11 is 0. The highest BCUT2D eigenvalue weighted by atomic mass is 16.5. The standard InChI is InChI=1S/C21H24N2O3/c24-20(22-16-7-1-2-15-21(25)23-26)14-6-4-10-18-12-8-11-17-9-3-5-13-19(17)18/h3-6,8-14,26H,1-2,7,15-16H2,(H,22,24)(H,23,25). The fraction of sp³-hybridized carbons (Fsp3) is 0.238. The van der Waals surface area contributed by atoms with Crippen LogP contribution in [0.3, 0.4) is 0 Å². The molecule has 0 heterocycles. The molecule has 5 heteroatoms. The summed E-state index contributed by atoms with van der Waals surface area (Å²) in [7, 11) is 0. The summed E-state index contributed by atoms with van der Waals surface area (Å²) in [5, 5.41) is 13.5. The van der Waals surface area contributed by atoms with Crippen molar-refractivity contribution in [3.05, 3.63) is 66.3 Å². The lowest BCUT2D eigenvalue weighted by Gasteiger charge is -2.02. The molecule has 5 nitrogen and oxygen atoms in total. The monoisotopic (exact) mass is 352 g/mol. The average molecular weight is 352 g/mol. The molecule has 0 atom stereocenters. The SMILES string of the molecule is O=C(C=CC=Cc1cccc2ccccc12)NCCCCCC(=O)NO. The molecule has 0 aliphatic heterocycles. The molecule has 0 spiro atoms. The molecular weight excluding hydrogens is 328 g/mol. The van der Waals surface area contributed by atoms with Crippen LogP contribution in [-0.4, -0.2) is 23.6 Å². The van der Waals surface area contributed by atoms with Gasteiger partial charge in [-0.15, -0.1) is 0 Å². The first-order valence-electron chi connectivity index (χ1n) is 8.74. The summed E-state index contributed by atoms with van der Waals surface area (Å²) in [5.74, 6) is -0.518. The predicted molar refractivity (Wildman–Crippen MR) is 104 cm³/mol. The lowest BCUT2D eigenvalue weighted by atomic mass is 10.0. The second-order valence-electron chi connectivity index (χ2n) is 5.92. The van der Waals surface area contributed by atoms with Gasteiger partial charge in [-0.3, -0.25) is 14.8 Å². The molecule has 0 fully saturated rings. The second kappa shape index (κ2) is 10.8. The van der Waals surface area contributed by atoms with Crippen LogP contribution in [0.15, 0.2) is 60.7 Å². The van der Waals surface area contributed by atoms with E-state index in [1.165, 1.54) is 16.8 Å². The Balaban J connectivity index is 1.71. The van der Waals surface area contributed by atoms with E-state index >= 15 is 0 Å². The quantitative estimate of drug-likeness (QED) is 0.212. The topological polar surface area (TPSA) is 78.4 Å². The summed E-state index contributed by atoms with van der Waals surface area (Å²) in [6.07, 6.45) is 9.66. The van der Waals surface area contributed by atoms with Crippen molar-refractivity contribution in [2.75, 3.05) is 6.54 Å². The summed E-state index contributed by atoms with van der Waals surface area (Å²) in [6, 6.07) is 14.3. The first-order chi connectivity index (χ1) is 12.7. The molecule has 2 aromatic carbocycles. The largest absolute Gasteiger partial charge is 0.353 e. The molecule has 0 aliphatic carbocycles. The Labute approximate surface area is 153 Å². The van der Waals surface area contributed by atoms with Crippen molar-refractivity contribution in [1.29, 1.82) is 0 Å². The average Bonchev–Trinajstić information content (AvgIpc) is 2.67. The highest BCUT2D eigenvalue weighted by molar-refractivity contribution is 5.91. The molecule has 3 N–H and O–H groups in total. The van der Waals surface area contributed by atoms with Crippen LogP contribution < -0.4 is 10.8 Å². The molecule has 0 bridgehead atoms. The van der Waals surface area contributed by atoms with Crippen molar-refractivity contribution >= 4 is 28.7 Å². The number of carbonyl (C=O) groups excluding carboxylic acids is 2. The maximum absolute atomic E-state index is 11.7. The van der Waals surface area contributed by atoms with Crippen molar-refractivity contribution < 1.29 is 14.8 Å². The molecule has 0 aliphatic rings. The summed E-state index contributed by atoms with van der Waals surface area (Å²) in [4.78, 5) is 22.6. The number of carbonyl (C=O) groups is 2. The van der Waals surface area contributed by atoms with E-state index in [4.69, 9.17) is 5.21 Å². The van der Waals surface area contributed by atoms with Crippen LogP contribution in [0.25, 0.3) is 16.8 Å². The van der Waals surface area contributed by atoms with E-state index in [0.717, 1.165) is 18.4 Å². The number of amides is 2. The van der Waals surface area contributed by atoms with Gasteiger partial charge in [-0.25, -0.2) is 5.48 Å². The molecule has 0 unspecified atom stereocenters. The summed E-state index contributed by atoms with van der Waals surface area (Å²) < 4.78 is 0. The minimum Gasteiger partial charge on any atom is -0.353 e. The van der Waals surface area contributed by atoms with Gasteiger partial charge in [-0.2, -0.15) is 0 Å². The van der Waals surface area contributed by atoms with Gasteiger partial charge in [0, 0.05) is 19.0 Å². The minimum atomic E-state index is -0.380. The fourth-order valence-corrected chi connectivity index (χ4v) is 2.61. The van der Waals surface area contributed by atoms with E-state index in [-0.39, 0.29) is 11.8 Å². The van der Waals surface area contributed by atoms with Gasteiger partial charge in [-0.1, -0.05) is 67.1 Å². The first kappa shape index (κ1) is 19.4. The third kappa shape index (κ3) is 6.53. The van der Waals surface area contributed by atoms with Crippen molar-refractivity contribution in [2.45, 2.75) is 25.7 Å². The normalized spacial score (nSPS) is 11.3. The number of fused-ring (bicyclic) bond motifs is 1. The van der Waals surface area contributed by atoms with Gasteiger partial charge in [0.25, 0.3) is 0 Å². The molecule has 0 radical (unpaired) electrons. The van der Waals surface area contributed by atoms with E-state index in [0.29, 0.717) is 19.4 Å². The number of hydrogen-bond acceptors (Lipinski definition) is 3. The zero-order valence-corrected chi connectivity index (χ0v) is 14.7. The molecule has 0 saturated heterocycles. The molecule has 2 amide bonds. The predicted octanol–water partition coefficient (Wildman–Crippen LogP) is 3.59. The van der Waals surface area contributed by atoms with Crippen LogP contribution in [-0.2, 0) is 9.59 Å². The third-order valence-corrected chi connectivity index (χ3v) is 3.96. The van der Waals surface area contributed by atoms with Crippen molar-refractivity contribution in [1.82, 2.24) is 10.8 Å². The Hall–Kier alpha value is -2.92. The molecule has 2 rings (SSSR count). The van der Waals surface area contributed by atoms with Gasteiger partial charge >= 0.3 is 0 Å². The lowest BCUT2D eigenvalue weighted by molar-refractivity contribution is -0.129. The number of hydroxylamine groups is 1. The Bertz CT molecular complexity index is 791. The van der Waals surface area contributed by atoms with Crippen LogP contribution in [0, 0.1) is 0 Å². The molecule has 2 aromatic rings. The zero-order chi connectivity index (χ0) is 18.6. The number of benzene rings is 2. The van der Waals surface area contributed by atoms with E-state index in [1.54, 1.807) is 11.6 Å². The smallest absolute Gasteiger partial charge is 0.243 e. The van der Waals surface area contributed by atoms with Crippen molar-refractivity contribution in [3.63, 3.8) is 0 Å². The van der Waals surface area contributed by atoms with Gasteiger partial charge in [0.15, 0.2) is 0 Å². The highest BCUT2D eigenvalue weighted by Gasteiger charge is 1.99. The van der Waals surface area contributed by atoms with Crippen molar-refractivity contribution in [2.24, 2.45) is 0 Å². The van der Waals surface area contributed by atoms with Crippen LogP contribution in [0.5, 0.6) is 0 Å². The number of allylic oxidation sites excluding steroid dienone is 2. The third-order valence-electron chi connectivity index (χ3n) is 3.96. The van der Waals surface area contributed by atoms with E-state index in [9.17, 15) is 9.59 Å². The van der Waals surface area contributed by atoms with Crippen LogP contribution in [0.4, 0.5) is 0 Å². The Morgan fingerprint density at radius 2 is 1.77 bits per heavy atom. The lowest BCUT2D eigenvalue weighted by Crippen LogP contribution is -2.22. The minimum absolute atomic E-state index is 0.138. The number of nitrogens with one attached hydrogen (secondary N) is 2. The van der Waals surface area contributed by atoms with Crippen LogP contribution in [0.1, 0.15) is 31.2 Å². The van der Waals surface area contributed by atoms with E-state index < -0.39 is 0 Å². The van der Waals surface area contributed by atoms with Gasteiger partial charge in [0.1, 0.15) is 0 Å². The molecule has 136 valence electrons. The zero-order valence-electron chi connectivity index (χ0n) is 14.7. The Morgan fingerprint density at radius 3 is 2.62 bits per heavy atom. The molecule has 26 heavy (non-hydrogen) atoms. The maximum Gasteiger partial charge on any atom is 0.243 e. The Morgan fingerprint density at radius 1 is 0.962 bits per heavy atom. The molecule has 0 saturated carbocycles. The van der Waals surface area contributed by atoms with E-state index in [1.807, 2.05) is 36.4 Å². The van der Waals surface area contributed by atoms with Gasteiger partial charge in [-0.05, 0) is 29.2 Å². The van der Waals surface area contributed by atoms with Gasteiger partial charge in [0.2, 0.25) is 11.8 Å². The van der Waals surface area contributed by atoms with Crippen LogP contribution in [0.2, 0.25) is 0 Å². The molecular formula is C21H24N2O3. The fourth-order valence-electron chi connectivity index (χ4n) is 2.61. The maximum atomic E-state index is 11.7. The number of hydrogen-bond donors (Lipinski definition) is 3. The number of rotatable bonds is 9. The van der Waals surface area contributed by atoms with E-state index in [2.05, 4.69) is 23.5 Å². The first-order valence-corrected chi connectivity index (χ1v) is 8.74. The Kier molecular flexibility index (Phi) is 8.09. The number of unbranched alkanes of at least 4 members (excludes halogenated alkanes) is 2. The highest BCUT2D eigenvalue weighted by Crippen LogP contribution is 2.19. The second-order valence-corrected chi connectivity index (χ2v) is 5.92. The van der Waals surface area contributed by atoms with Crippen molar-refractivity contribution in [3.8, 4) is 0 Å².